The van der Waals surface area contributed by atoms with Crippen LogP contribution in [0.2, 0.25) is 0 Å². The van der Waals surface area contributed by atoms with Gasteiger partial charge in [-0.15, -0.1) is 6.42 Å². The molecule has 3 fully saturated rings. The highest BCUT2D eigenvalue weighted by Gasteiger charge is 2.48. The fraction of sp³-hybridized carbons (Fsp3) is 0.421. The number of hydrogen-bond donors (Lipinski definition) is 2. The molecule has 2 N–H and O–H groups in total. The molecular formula is C38H38F2N6O4S. The molecule has 2 aromatic carbocycles. The van der Waals surface area contributed by atoms with Crippen molar-refractivity contribution >= 4 is 39.0 Å². The summed E-state index contributed by atoms with van der Waals surface area (Å²) >= 11 is 1.46. The quantitative estimate of drug-likeness (QED) is 0.193. The Morgan fingerprint density at radius 3 is 2.84 bits per heavy atom. The number of β-amino-alcohol motifs (C(OH)–C–C–N with tert-alkyl or cyclic N) is 1. The number of ether oxygens (including phenoxy) is 2. The number of halogens is 2. The number of likely N-dealkylation sites (tertiary alicyclic amines) is 1. The Bertz CT molecular complexity index is 2160. The highest BCUT2D eigenvalue weighted by atomic mass is 32.1. The van der Waals surface area contributed by atoms with Gasteiger partial charge in [-0.2, -0.15) is 9.97 Å². The van der Waals surface area contributed by atoms with E-state index in [4.69, 9.17) is 20.9 Å². The van der Waals surface area contributed by atoms with E-state index in [1.807, 2.05) is 11.1 Å². The topological polar surface area (TPSA) is 117 Å². The van der Waals surface area contributed by atoms with E-state index in [0.717, 1.165) is 45.2 Å². The number of rotatable bonds is 7. The molecule has 3 aromatic heterocycles. The van der Waals surface area contributed by atoms with E-state index >= 15 is 4.39 Å². The van der Waals surface area contributed by atoms with Crippen molar-refractivity contribution in [2.45, 2.75) is 57.2 Å². The van der Waals surface area contributed by atoms with Gasteiger partial charge in [-0.3, -0.25) is 9.88 Å². The lowest BCUT2D eigenvalue weighted by Crippen LogP contribution is -2.51. The lowest BCUT2D eigenvalue weighted by molar-refractivity contribution is -0.0123. The van der Waals surface area contributed by atoms with Crippen LogP contribution in [-0.2, 0) is 11.3 Å². The van der Waals surface area contributed by atoms with E-state index in [1.54, 1.807) is 6.92 Å². The van der Waals surface area contributed by atoms with Crippen molar-refractivity contribution in [2.75, 3.05) is 44.4 Å². The van der Waals surface area contributed by atoms with Crippen LogP contribution in [0.15, 0.2) is 42.0 Å². The Hall–Kier alpha value is -4.48. The monoisotopic (exact) mass is 712 g/mol. The summed E-state index contributed by atoms with van der Waals surface area (Å²) in [7, 11) is 0. The number of aliphatic hydroxyl groups is 1. The van der Waals surface area contributed by atoms with E-state index < -0.39 is 17.2 Å². The summed E-state index contributed by atoms with van der Waals surface area (Å²) in [5.41, 5.74) is -0.260. The Morgan fingerprint density at radius 1 is 1.16 bits per heavy atom. The normalized spacial score (nSPS) is 24.1. The highest BCUT2D eigenvalue weighted by Crippen LogP contribution is 2.48. The van der Waals surface area contributed by atoms with Gasteiger partial charge < -0.3 is 24.6 Å². The molecule has 0 radical (unpaired) electrons. The van der Waals surface area contributed by atoms with Gasteiger partial charge in [0.15, 0.2) is 5.82 Å². The van der Waals surface area contributed by atoms with Crippen molar-refractivity contribution in [1.82, 2.24) is 24.2 Å². The van der Waals surface area contributed by atoms with E-state index in [9.17, 15) is 14.6 Å². The second-order valence-electron chi connectivity index (χ2n) is 14.3. The third-order valence-electron chi connectivity index (χ3n) is 10.6. The van der Waals surface area contributed by atoms with Crippen LogP contribution in [-0.4, -0.2) is 85.5 Å². The fourth-order valence-corrected chi connectivity index (χ4v) is 8.93. The lowest BCUT2D eigenvalue weighted by atomic mass is 9.75. The molecular weight excluding hydrogens is 675 g/mol. The average molecular weight is 713 g/mol. The van der Waals surface area contributed by atoms with Crippen molar-refractivity contribution in [1.29, 1.82) is 0 Å². The molecule has 1 aliphatic carbocycles. The third-order valence-corrected chi connectivity index (χ3v) is 11.3. The smallest absolute Gasteiger partial charge is 0.319 e. The number of terminal acetylenes is 1. The summed E-state index contributed by atoms with van der Waals surface area (Å²) in [6.45, 7) is 4.89. The van der Waals surface area contributed by atoms with Gasteiger partial charge in [-0.1, -0.05) is 18.4 Å². The van der Waals surface area contributed by atoms with Crippen LogP contribution in [0, 0.1) is 29.4 Å². The second kappa shape index (κ2) is 13.2. The van der Waals surface area contributed by atoms with Crippen LogP contribution in [0.4, 0.5) is 14.6 Å². The first-order chi connectivity index (χ1) is 24.6. The number of hydrogen-bond acceptors (Lipinski definition) is 11. The number of aromatic nitrogens is 4. The van der Waals surface area contributed by atoms with E-state index in [0.29, 0.717) is 42.4 Å². The summed E-state index contributed by atoms with van der Waals surface area (Å²) in [6.07, 6.45) is 14.3. The standard InChI is InChI=1S/C38H38F2N6O4S/c1-3-26-29(39)8-7-24-14-25(47)15-27(31(24)26)33-32(40)34-28(17-41-33)35(46-12-13-49-21-37(2,48)20-46)44-36(43-34)50-22-38-9-4-6-30(38)45(11-5-10-38)18-23-16-42-51-19-23/h1,7-8,14-17,19,30,47-48H,4-6,9-13,18,20-22H2,2H3/t30?,37-,38+/m0/s1. The summed E-state index contributed by atoms with van der Waals surface area (Å²) in [4.78, 5) is 18.4. The van der Waals surface area contributed by atoms with Crippen LogP contribution in [0.5, 0.6) is 11.8 Å². The van der Waals surface area contributed by atoms with Gasteiger partial charge in [0.25, 0.3) is 0 Å². The number of phenolic OH excluding ortho intramolecular Hbond substituents is 1. The molecule has 0 spiro atoms. The van der Waals surface area contributed by atoms with Crippen LogP contribution in [0.3, 0.4) is 0 Å². The first-order valence-electron chi connectivity index (χ1n) is 17.2. The molecule has 2 saturated heterocycles. The first-order valence-corrected chi connectivity index (χ1v) is 18.1. The number of piperidine rings is 1. The molecule has 5 heterocycles. The second-order valence-corrected chi connectivity index (χ2v) is 15.0. The van der Waals surface area contributed by atoms with Crippen LogP contribution in [0.1, 0.15) is 50.2 Å². The maximum absolute atomic E-state index is 17.0. The fourth-order valence-electron chi connectivity index (χ4n) is 8.40. The van der Waals surface area contributed by atoms with Gasteiger partial charge in [-0.05, 0) is 79.8 Å². The maximum Gasteiger partial charge on any atom is 0.319 e. The Morgan fingerprint density at radius 2 is 2.02 bits per heavy atom. The summed E-state index contributed by atoms with van der Waals surface area (Å²) in [6, 6.07) is 5.79. The molecule has 10 nitrogen and oxygen atoms in total. The van der Waals surface area contributed by atoms with Gasteiger partial charge in [0, 0.05) is 53.3 Å². The molecule has 0 bridgehead atoms. The predicted octanol–water partition coefficient (Wildman–Crippen LogP) is 6.07. The number of phenols is 1. The minimum atomic E-state index is -1.20. The molecule has 8 rings (SSSR count). The SMILES string of the molecule is C#Cc1c(F)ccc2cc(O)cc(-c3ncc4c(N5CCOC[C@@](C)(O)C5)nc(OC[C@]56CCCC5N(Cc5cnsc5)CCC6)nc4c3F)c12. The summed E-state index contributed by atoms with van der Waals surface area (Å²) in [5.74, 6) is 1.12. The molecule has 1 saturated carbocycles. The average Bonchev–Trinajstić information content (AvgIpc) is 3.75. The molecule has 0 amide bonds. The minimum Gasteiger partial charge on any atom is -0.508 e. The Kier molecular flexibility index (Phi) is 8.74. The maximum atomic E-state index is 17.0. The first kappa shape index (κ1) is 33.7. The largest absolute Gasteiger partial charge is 0.508 e. The van der Waals surface area contributed by atoms with Crippen LogP contribution >= 0.6 is 11.5 Å². The van der Waals surface area contributed by atoms with Crippen molar-refractivity contribution in [3.05, 3.63) is 64.8 Å². The van der Waals surface area contributed by atoms with E-state index in [2.05, 4.69) is 30.5 Å². The van der Waals surface area contributed by atoms with Crippen molar-refractivity contribution in [3.63, 3.8) is 0 Å². The van der Waals surface area contributed by atoms with Crippen molar-refractivity contribution in [3.8, 4) is 35.4 Å². The number of fused-ring (bicyclic) bond motifs is 3. The third kappa shape index (κ3) is 6.24. The van der Waals surface area contributed by atoms with E-state index in [1.165, 1.54) is 47.6 Å². The predicted molar refractivity (Wildman–Crippen MR) is 191 cm³/mol. The Balaban J connectivity index is 1.23. The van der Waals surface area contributed by atoms with E-state index in [-0.39, 0.29) is 58.1 Å². The van der Waals surface area contributed by atoms with Gasteiger partial charge >= 0.3 is 6.01 Å². The zero-order valence-corrected chi connectivity index (χ0v) is 29.1. The zero-order chi connectivity index (χ0) is 35.3. The van der Waals surface area contributed by atoms with Gasteiger partial charge in [0.2, 0.25) is 0 Å². The summed E-state index contributed by atoms with van der Waals surface area (Å²) < 4.78 is 48.4. The van der Waals surface area contributed by atoms with Crippen LogP contribution in [0.25, 0.3) is 32.9 Å². The number of aromatic hydroxyl groups is 1. The zero-order valence-electron chi connectivity index (χ0n) is 28.2. The Labute approximate surface area is 298 Å². The molecule has 1 unspecified atom stereocenters. The summed E-state index contributed by atoms with van der Waals surface area (Å²) in [5, 5.41) is 24.8. The molecule has 5 aromatic rings. The highest BCUT2D eigenvalue weighted by molar-refractivity contribution is 7.03. The minimum absolute atomic E-state index is 0.00802. The van der Waals surface area contributed by atoms with Gasteiger partial charge in [0.1, 0.15) is 34.2 Å². The van der Waals surface area contributed by atoms with Gasteiger partial charge in [0.05, 0.1) is 37.3 Å². The molecule has 3 aliphatic rings. The molecule has 13 heteroatoms. The lowest BCUT2D eigenvalue weighted by Gasteiger charge is -2.46. The number of pyridine rings is 1. The van der Waals surface area contributed by atoms with Crippen molar-refractivity contribution < 1.29 is 28.5 Å². The number of benzene rings is 2. The molecule has 51 heavy (non-hydrogen) atoms. The molecule has 3 atom stereocenters. The number of anilines is 1. The number of nitrogens with zero attached hydrogens (tertiary/aromatic N) is 6. The molecule has 2 aliphatic heterocycles. The van der Waals surface area contributed by atoms with Crippen molar-refractivity contribution in [2.24, 2.45) is 5.41 Å². The molecule has 264 valence electrons. The van der Waals surface area contributed by atoms with Gasteiger partial charge in [-0.25, -0.2) is 13.2 Å². The van der Waals surface area contributed by atoms with Crippen LogP contribution < -0.4 is 9.64 Å².